The van der Waals surface area contributed by atoms with Crippen molar-refractivity contribution in [1.29, 1.82) is 0 Å². The Bertz CT molecular complexity index is 1310. The van der Waals surface area contributed by atoms with Crippen LogP contribution in [0, 0.1) is 11.8 Å². The zero-order chi connectivity index (χ0) is 32.2. The summed E-state index contributed by atoms with van der Waals surface area (Å²) < 4.78 is 32.7. The summed E-state index contributed by atoms with van der Waals surface area (Å²) in [5.74, 6) is -5.14. The van der Waals surface area contributed by atoms with Crippen LogP contribution in [0.5, 0.6) is 11.5 Å². The van der Waals surface area contributed by atoms with Gasteiger partial charge in [-0.25, -0.2) is 9.78 Å². The molecular weight excluding hydrogens is 576 g/mol. The number of ether oxygens (including phenoxy) is 6. The topological polar surface area (TPSA) is 166 Å². The SMILES string of the molecule is CCC(=O)OCOc1c(OC)ccnc1C(=O)NC1COC(=O)[C@H](Cc2ccccc2)[C@@H](OC(=O)C(C)C)[C@H](CC)OC1=O. The summed E-state index contributed by atoms with van der Waals surface area (Å²) >= 11 is 0. The molecule has 0 spiro atoms. The number of methoxy groups -OCH3 is 1. The molecule has 1 saturated heterocycles. The molecule has 44 heavy (non-hydrogen) atoms. The number of hydrogen-bond acceptors (Lipinski definition) is 12. The van der Waals surface area contributed by atoms with Gasteiger partial charge in [-0.15, -0.1) is 0 Å². The molecule has 238 valence electrons. The smallest absolute Gasteiger partial charge is 0.332 e. The zero-order valence-electron chi connectivity index (χ0n) is 25.4. The van der Waals surface area contributed by atoms with E-state index < -0.39 is 73.3 Å². The van der Waals surface area contributed by atoms with Crippen molar-refractivity contribution >= 4 is 29.8 Å². The molecule has 1 aromatic heterocycles. The summed E-state index contributed by atoms with van der Waals surface area (Å²) in [5, 5.41) is 2.48. The molecule has 0 radical (unpaired) electrons. The molecule has 1 aromatic carbocycles. The monoisotopic (exact) mass is 614 g/mol. The Hall–Kier alpha value is -4.68. The number of rotatable bonds is 12. The van der Waals surface area contributed by atoms with Crippen LogP contribution in [0.2, 0.25) is 0 Å². The standard InChI is InChI=1S/C31H38N2O11/c1-6-22-26(44-29(36)18(3)4)20(15-19-11-9-8-10-12-19)30(37)40-16-21(31(38)43-22)33-28(35)25-27(23(39-5)13-14-32-25)42-17-41-24(34)7-2/h8-14,18,20-22,26H,6-7,15-17H2,1-5H3,(H,33,35)/t20-,21?,22+,26-/m1/s1. The molecular formula is C31H38N2O11. The first-order valence-corrected chi connectivity index (χ1v) is 14.3. The first-order valence-electron chi connectivity index (χ1n) is 14.3. The Labute approximate surface area is 255 Å². The van der Waals surface area contributed by atoms with Gasteiger partial charge in [0.1, 0.15) is 18.6 Å². The van der Waals surface area contributed by atoms with Crippen LogP contribution in [-0.4, -0.2) is 73.5 Å². The number of carbonyl (C=O) groups is 5. The molecule has 13 heteroatoms. The average Bonchev–Trinajstić information content (AvgIpc) is 3.06. The summed E-state index contributed by atoms with van der Waals surface area (Å²) in [4.78, 5) is 68.5. The lowest BCUT2D eigenvalue weighted by molar-refractivity contribution is -0.178. The minimum Gasteiger partial charge on any atom is -0.493 e. The Balaban J connectivity index is 1.89. The van der Waals surface area contributed by atoms with Crippen LogP contribution in [0.25, 0.3) is 0 Å². The van der Waals surface area contributed by atoms with E-state index in [0.717, 1.165) is 5.56 Å². The van der Waals surface area contributed by atoms with E-state index in [1.165, 1.54) is 19.4 Å². The second-order valence-electron chi connectivity index (χ2n) is 10.2. The number of nitrogens with zero attached hydrogens (tertiary/aromatic N) is 1. The number of hydrogen-bond donors (Lipinski definition) is 1. The highest BCUT2D eigenvalue weighted by atomic mass is 16.7. The molecule has 0 saturated carbocycles. The molecule has 1 aliphatic rings. The van der Waals surface area contributed by atoms with E-state index in [2.05, 4.69) is 10.3 Å². The number of cyclic esters (lactones) is 2. The molecule has 1 N–H and O–H groups in total. The second kappa shape index (κ2) is 16.2. The van der Waals surface area contributed by atoms with Crippen molar-refractivity contribution in [3.05, 3.63) is 53.9 Å². The molecule has 13 nitrogen and oxygen atoms in total. The van der Waals surface area contributed by atoms with Gasteiger partial charge >= 0.3 is 23.9 Å². The summed E-state index contributed by atoms with van der Waals surface area (Å²) in [6.45, 7) is 5.55. The maximum Gasteiger partial charge on any atom is 0.332 e. The van der Waals surface area contributed by atoms with Gasteiger partial charge in [-0.3, -0.25) is 19.2 Å². The summed E-state index contributed by atoms with van der Waals surface area (Å²) in [6.07, 6.45) is -0.413. The highest BCUT2D eigenvalue weighted by Gasteiger charge is 2.43. The van der Waals surface area contributed by atoms with Gasteiger partial charge in [0.15, 0.2) is 29.3 Å². The van der Waals surface area contributed by atoms with Gasteiger partial charge in [-0.2, -0.15) is 0 Å². The second-order valence-corrected chi connectivity index (χ2v) is 10.2. The van der Waals surface area contributed by atoms with E-state index in [-0.39, 0.29) is 36.5 Å². The van der Waals surface area contributed by atoms with Crippen LogP contribution in [0.4, 0.5) is 0 Å². The fourth-order valence-corrected chi connectivity index (χ4v) is 4.32. The van der Waals surface area contributed by atoms with Crippen molar-refractivity contribution in [1.82, 2.24) is 10.3 Å². The zero-order valence-corrected chi connectivity index (χ0v) is 25.4. The molecule has 0 bridgehead atoms. The van der Waals surface area contributed by atoms with Crippen LogP contribution in [-0.2, 0) is 44.5 Å². The Morgan fingerprint density at radius 1 is 1.07 bits per heavy atom. The van der Waals surface area contributed by atoms with Gasteiger partial charge in [0.25, 0.3) is 5.91 Å². The minimum absolute atomic E-state index is 0.116. The molecule has 1 unspecified atom stereocenters. The maximum absolute atomic E-state index is 13.5. The number of benzene rings is 1. The van der Waals surface area contributed by atoms with Gasteiger partial charge in [0, 0.05) is 18.7 Å². The quantitative estimate of drug-likeness (QED) is 0.211. The lowest BCUT2D eigenvalue weighted by Crippen LogP contribution is -2.47. The Kier molecular flexibility index (Phi) is 12.5. The van der Waals surface area contributed by atoms with E-state index in [4.69, 9.17) is 28.4 Å². The van der Waals surface area contributed by atoms with Gasteiger partial charge in [-0.05, 0) is 18.4 Å². The van der Waals surface area contributed by atoms with Crippen LogP contribution in [0.3, 0.4) is 0 Å². The van der Waals surface area contributed by atoms with Gasteiger partial charge in [0.2, 0.25) is 6.79 Å². The summed E-state index contributed by atoms with van der Waals surface area (Å²) in [5.41, 5.74) is 0.500. The van der Waals surface area contributed by atoms with E-state index in [9.17, 15) is 24.0 Å². The van der Waals surface area contributed by atoms with Crippen LogP contribution < -0.4 is 14.8 Å². The van der Waals surface area contributed by atoms with Gasteiger partial charge in [0.05, 0.1) is 13.0 Å². The number of esters is 4. The van der Waals surface area contributed by atoms with Crippen LogP contribution in [0.1, 0.15) is 56.6 Å². The number of aromatic nitrogens is 1. The van der Waals surface area contributed by atoms with Crippen molar-refractivity contribution in [2.45, 2.75) is 65.2 Å². The highest BCUT2D eigenvalue weighted by Crippen LogP contribution is 2.30. The average molecular weight is 615 g/mol. The molecule has 0 aliphatic carbocycles. The van der Waals surface area contributed by atoms with Crippen molar-refractivity contribution in [3.63, 3.8) is 0 Å². The van der Waals surface area contributed by atoms with Crippen molar-refractivity contribution < 1.29 is 52.4 Å². The van der Waals surface area contributed by atoms with E-state index in [1.807, 2.05) is 30.3 Å². The van der Waals surface area contributed by atoms with Crippen molar-refractivity contribution in [3.8, 4) is 11.5 Å². The summed E-state index contributed by atoms with van der Waals surface area (Å²) in [7, 11) is 1.34. The summed E-state index contributed by atoms with van der Waals surface area (Å²) in [6, 6.07) is 9.08. The minimum atomic E-state index is -1.45. The number of carbonyl (C=O) groups excluding carboxylic acids is 5. The maximum atomic E-state index is 13.5. The number of amides is 1. The molecule has 4 atom stereocenters. The molecule has 3 rings (SSSR count). The van der Waals surface area contributed by atoms with Gasteiger partial charge < -0.3 is 33.7 Å². The number of pyridine rings is 1. The van der Waals surface area contributed by atoms with E-state index in [0.29, 0.717) is 0 Å². The highest BCUT2D eigenvalue weighted by molar-refractivity contribution is 5.98. The normalized spacial score (nSPS) is 20.2. The fourth-order valence-electron chi connectivity index (χ4n) is 4.32. The molecule has 1 fully saturated rings. The van der Waals surface area contributed by atoms with E-state index >= 15 is 0 Å². The molecule has 2 aromatic rings. The van der Waals surface area contributed by atoms with Crippen LogP contribution >= 0.6 is 0 Å². The Morgan fingerprint density at radius 3 is 2.43 bits per heavy atom. The van der Waals surface area contributed by atoms with Crippen molar-refractivity contribution in [2.75, 3.05) is 20.5 Å². The Morgan fingerprint density at radius 2 is 1.80 bits per heavy atom. The predicted octanol–water partition coefficient (Wildman–Crippen LogP) is 2.78. The third kappa shape index (κ3) is 8.91. The largest absolute Gasteiger partial charge is 0.493 e. The molecule has 1 aliphatic heterocycles. The third-order valence-corrected chi connectivity index (χ3v) is 6.76. The number of nitrogens with one attached hydrogen (secondary N) is 1. The molecule has 2 heterocycles. The third-order valence-electron chi connectivity index (χ3n) is 6.76. The first kappa shape index (κ1) is 33.8. The molecule has 1 amide bonds. The first-order chi connectivity index (χ1) is 21.1. The van der Waals surface area contributed by atoms with Gasteiger partial charge in [-0.1, -0.05) is 58.0 Å². The van der Waals surface area contributed by atoms with Crippen molar-refractivity contribution in [2.24, 2.45) is 11.8 Å². The lowest BCUT2D eigenvalue weighted by Gasteiger charge is -2.31. The van der Waals surface area contributed by atoms with E-state index in [1.54, 1.807) is 27.7 Å². The lowest BCUT2D eigenvalue weighted by atomic mass is 9.89. The van der Waals surface area contributed by atoms with Crippen LogP contribution in [0.15, 0.2) is 42.6 Å². The predicted molar refractivity (Wildman–Crippen MR) is 153 cm³/mol. The fraction of sp³-hybridized carbons (Fsp3) is 0.484.